The van der Waals surface area contributed by atoms with E-state index in [0.717, 1.165) is 5.56 Å². The summed E-state index contributed by atoms with van der Waals surface area (Å²) in [5.74, 6) is 1.49. The topological polar surface area (TPSA) is 111 Å². The number of nitrogens with one attached hydrogen (secondary N) is 1. The van der Waals surface area contributed by atoms with E-state index in [0.29, 0.717) is 34.5 Å². The van der Waals surface area contributed by atoms with Crippen molar-refractivity contribution >= 4 is 22.8 Å². The summed E-state index contributed by atoms with van der Waals surface area (Å²) < 4.78 is 14.3. The van der Waals surface area contributed by atoms with Crippen molar-refractivity contribution in [2.45, 2.75) is 26.2 Å². The summed E-state index contributed by atoms with van der Waals surface area (Å²) in [6, 6.07) is 12.7. The summed E-state index contributed by atoms with van der Waals surface area (Å²) >= 11 is 5.93. The van der Waals surface area contributed by atoms with Crippen LogP contribution in [0.25, 0.3) is 22.6 Å². The van der Waals surface area contributed by atoms with E-state index in [4.69, 9.17) is 21.1 Å². The molecule has 0 amide bonds. The molecule has 0 aliphatic carbocycles. The number of aromatic amines is 1. The van der Waals surface area contributed by atoms with Crippen LogP contribution < -0.4 is 20.7 Å². The van der Waals surface area contributed by atoms with Gasteiger partial charge in [0.2, 0.25) is 0 Å². The maximum Gasteiger partial charge on any atom is 0.330 e. The van der Waals surface area contributed by atoms with Crippen LogP contribution in [0.3, 0.4) is 0 Å². The molecule has 9 nitrogen and oxygen atoms in total. The number of methoxy groups -OCH3 is 1. The van der Waals surface area contributed by atoms with Crippen molar-refractivity contribution in [2.75, 3.05) is 7.11 Å². The van der Waals surface area contributed by atoms with Gasteiger partial charge in [0.1, 0.15) is 12.4 Å². The first kappa shape index (κ1) is 22.6. The molecule has 10 heteroatoms. The van der Waals surface area contributed by atoms with Gasteiger partial charge in [-0.25, -0.2) is 9.78 Å². The van der Waals surface area contributed by atoms with Crippen molar-refractivity contribution in [2.24, 2.45) is 7.05 Å². The fraction of sp³-hybridized carbons (Fsp3) is 0.261. The zero-order valence-corrected chi connectivity index (χ0v) is 19.1. The molecule has 2 N–H and O–H groups in total. The molecule has 2 heterocycles. The Morgan fingerprint density at radius 1 is 1.15 bits per heavy atom. The highest BCUT2D eigenvalue weighted by atomic mass is 35.5. The van der Waals surface area contributed by atoms with Gasteiger partial charge in [0.05, 0.1) is 19.8 Å². The lowest BCUT2D eigenvalue weighted by atomic mass is 10.2. The maximum atomic E-state index is 12.5. The Morgan fingerprint density at radius 2 is 1.88 bits per heavy atom. The Labute approximate surface area is 193 Å². The normalized spacial score (nSPS) is 12.2. The van der Waals surface area contributed by atoms with E-state index in [1.165, 1.54) is 11.7 Å². The number of aliphatic hydroxyl groups excluding tert-OH is 1. The van der Waals surface area contributed by atoms with Gasteiger partial charge in [-0.15, -0.1) is 0 Å². The minimum atomic E-state index is -0.792. The molecule has 0 aliphatic rings. The van der Waals surface area contributed by atoms with Crippen molar-refractivity contribution in [3.8, 4) is 22.9 Å². The number of aliphatic hydroxyl groups is 1. The SMILES string of the molecule is COc1cc(-c2nc3c(c(=O)[nH]c(=O)n3CC(C)O)n2C)ccc1OCc1ccc(Cl)cc1. The summed E-state index contributed by atoms with van der Waals surface area (Å²) in [4.78, 5) is 31.6. The Kier molecular flexibility index (Phi) is 6.26. The van der Waals surface area contributed by atoms with Gasteiger partial charge >= 0.3 is 5.69 Å². The zero-order valence-electron chi connectivity index (χ0n) is 18.3. The highest BCUT2D eigenvalue weighted by Crippen LogP contribution is 2.33. The molecule has 0 fully saturated rings. The maximum absolute atomic E-state index is 12.5. The molecular weight excluding hydrogens is 448 g/mol. The van der Waals surface area contributed by atoms with Crippen LogP contribution >= 0.6 is 11.6 Å². The first-order valence-corrected chi connectivity index (χ1v) is 10.6. The lowest BCUT2D eigenvalue weighted by molar-refractivity contribution is 0.173. The van der Waals surface area contributed by atoms with Gasteiger partial charge in [-0.2, -0.15) is 0 Å². The van der Waals surface area contributed by atoms with Crippen LogP contribution in [0.15, 0.2) is 52.1 Å². The Balaban J connectivity index is 1.73. The van der Waals surface area contributed by atoms with Gasteiger partial charge in [-0.1, -0.05) is 23.7 Å². The molecule has 0 bridgehead atoms. The highest BCUT2D eigenvalue weighted by molar-refractivity contribution is 6.30. The summed E-state index contributed by atoms with van der Waals surface area (Å²) in [6.45, 7) is 1.89. The van der Waals surface area contributed by atoms with Crippen LogP contribution in [0.4, 0.5) is 0 Å². The summed E-state index contributed by atoms with van der Waals surface area (Å²) in [7, 11) is 3.22. The van der Waals surface area contributed by atoms with Crippen molar-refractivity contribution in [1.82, 2.24) is 19.1 Å². The van der Waals surface area contributed by atoms with Crippen LogP contribution in [0.5, 0.6) is 11.5 Å². The zero-order chi connectivity index (χ0) is 23.7. The van der Waals surface area contributed by atoms with E-state index in [2.05, 4.69) is 9.97 Å². The number of aryl methyl sites for hydroxylation is 1. The van der Waals surface area contributed by atoms with Crippen molar-refractivity contribution in [1.29, 1.82) is 0 Å². The van der Waals surface area contributed by atoms with Gasteiger partial charge in [0.15, 0.2) is 22.7 Å². The van der Waals surface area contributed by atoms with Gasteiger partial charge in [0.25, 0.3) is 5.56 Å². The molecule has 172 valence electrons. The average Bonchev–Trinajstić information content (AvgIpc) is 3.13. The highest BCUT2D eigenvalue weighted by Gasteiger charge is 2.19. The largest absolute Gasteiger partial charge is 0.493 e. The molecule has 0 spiro atoms. The molecule has 0 radical (unpaired) electrons. The number of halogens is 1. The Bertz CT molecular complexity index is 1420. The quantitative estimate of drug-likeness (QED) is 0.429. The molecule has 4 aromatic rings. The number of benzene rings is 2. The second-order valence-corrected chi connectivity index (χ2v) is 8.10. The average molecular weight is 471 g/mol. The third-order valence-electron chi connectivity index (χ3n) is 5.19. The lowest BCUT2D eigenvalue weighted by Crippen LogP contribution is -2.33. The van der Waals surface area contributed by atoms with Crippen LogP contribution in [-0.4, -0.2) is 37.4 Å². The molecular formula is C23H23ClN4O5. The van der Waals surface area contributed by atoms with Gasteiger partial charge in [0, 0.05) is 17.6 Å². The number of imidazole rings is 1. The molecule has 33 heavy (non-hydrogen) atoms. The number of H-pyrrole nitrogens is 1. The third kappa shape index (κ3) is 4.50. The fourth-order valence-corrected chi connectivity index (χ4v) is 3.73. The van der Waals surface area contributed by atoms with Gasteiger partial charge < -0.3 is 19.1 Å². The van der Waals surface area contributed by atoms with Gasteiger partial charge in [-0.3, -0.25) is 14.3 Å². The second kappa shape index (κ2) is 9.13. The van der Waals surface area contributed by atoms with E-state index >= 15 is 0 Å². The molecule has 1 unspecified atom stereocenters. The standard InChI is InChI=1S/C23H23ClN4O5/c1-13(29)11-28-21-19(22(30)26-23(28)31)27(2)20(25-21)15-6-9-17(18(10-15)32-3)33-12-14-4-7-16(24)8-5-14/h4-10,13,29H,11-12H2,1-3H3,(H,26,30,31). The lowest BCUT2D eigenvalue weighted by Gasteiger charge is -2.12. The first-order valence-electron chi connectivity index (χ1n) is 10.2. The Hall–Kier alpha value is -3.56. The third-order valence-corrected chi connectivity index (χ3v) is 5.44. The van der Waals surface area contributed by atoms with Gasteiger partial charge in [-0.05, 0) is 42.8 Å². The van der Waals surface area contributed by atoms with Crippen molar-refractivity contribution in [3.05, 3.63) is 73.9 Å². The molecule has 0 saturated heterocycles. The summed E-state index contributed by atoms with van der Waals surface area (Å²) in [5, 5.41) is 10.4. The van der Waals surface area contributed by atoms with E-state index < -0.39 is 17.4 Å². The number of fused-ring (bicyclic) bond motifs is 1. The smallest absolute Gasteiger partial charge is 0.330 e. The monoisotopic (exact) mass is 470 g/mol. The summed E-state index contributed by atoms with van der Waals surface area (Å²) in [6.07, 6.45) is -0.792. The number of ether oxygens (including phenoxy) is 2. The molecule has 0 saturated carbocycles. The number of hydrogen-bond acceptors (Lipinski definition) is 6. The number of nitrogens with zero attached hydrogens (tertiary/aromatic N) is 3. The fourth-order valence-electron chi connectivity index (χ4n) is 3.61. The van der Waals surface area contributed by atoms with Crippen LogP contribution in [0, 0.1) is 0 Å². The molecule has 1 atom stereocenters. The first-order chi connectivity index (χ1) is 15.8. The molecule has 0 aliphatic heterocycles. The predicted molar refractivity (Wildman–Crippen MR) is 125 cm³/mol. The summed E-state index contributed by atoms with van der Waals surface area (Å²) in [5.41, 5.74) is 0.877. The molecule has 2 aromatic carbocycles. The van der Waals surface area contributed by atoms with Crippen LogP contribution in [0.2, 0.25) is 5.02 Å². The Morgan fingerprint density at radius 3 is 2.55 bits per heavy atom. The minimum Gasteiger partial charge on any atom is -0.493 e. The van der Waals surface area contributed by atoms with E-state index in [1.54, 1.807) is 48.9 Å². The predicted octanol–water partition coefficient (Wildman–Crippen LogP) is 2.71. The van der Waals surface area contributed by atoms with E-state index in [9.17, 15) is 14.7 Å². The second-order valence-electron chi connectivity index (χ2n) is 7.67. The minimum absolute atomic E-state index is 0.00334. The number of rotatable bonds is 7. The van der Waals surface area contributed by atoms with Crippen molar-refractivity contribution < 1.29 is 14.6 Å². The number of hydrogen-bond donors (Lipinski definition) is 2. The van der Waals surface area contributed by atoms with E-state index in [-0.39, 0.29) is 17.7 Å². The van der Waals surface area contributed by atoms with Crippen molar-refractivity contribution in [3.63, 3.8) is 0 Å². The molecule has 2 aromatic heterocycles. The van der Waals surface area contributed by atoms with Crippen LogP contribution in [0.1, 0.15) is 12.5 Å². The van der Waals surface area contributed by atoms with Crippen LogP contribution in [-0.2, 0) is 20.2 Å². The number of aromatic nitrogens is 4. The van der Waals surface area contributed by atoms with E-state index in [1.807, 2.05) is 12.1 Å². The molecule has 4 rings (SSSR count).